The zero-order chi connectivity index (χ0) is 14.5. The molecule has 1 N–H and O–H groups in total. The maximum Gasteiger partial charge on any atom is 0.198 e. The van der Waals surface area contributed by atoms with Gasteiger partial charge in [-0.15, -0.1) is 0 Å². The highest BCUT2D eigenvalue weighted by molar-refractivity contribution is 5.97. The summed E-state index contributed by atoms with van der Waals surface area (Å²) >= 11 is 0. The number of anilines is 1. The van der Waals surface area contributed by atoms with Gasteiger partial charge in [0.2, 0.25) is 0 Å². The Hall–Kier alpha value is -1.55. The van der Waals surface area contributed by atoms with E-state index in [2.05, 4.69) is 39.5 Å². The molecule has 0 spiro atoms. The highest BCUT2D eigenvalue weighted by Crippen LogP contribution is 2.27. The van der Waals surface area contributed by atoms with Gasteiger partial charge in [0, 0.05) is 25.8 Å². The third-order valence-electron chi connectivity index (χ3n) is 4.40. The molecule has 0 unspecified atom stereocenters. The van der Waals surface area contributed by atoms with Crippen molar-refractivity contribution in [2.75, 3.05) is 31.6 Å². The Bertz CT molecular complexity index is 495. The van der Waals surface area contributed by atoms with Crippen LogP contribution in [-0.2, 0) is 11.2 Å². The molecule has 0 atom stereocenters. The molecule has 114 valence electrons. The first-order chi connectivity index (χ1) is 10.4. The van der Waals surface area contributed by atoms with E-state index in [1.165, 1.54) is 36.9 Å². The number of aliphatic imine (C=N–C) groups is 1. The predicted molar refractivity (Wildman–Crippen MR) is 87.1 cm³/mol. The Morgan fingerprint density at radius 2 is 2.14 bits per heavy atom. The lowest BCUT2D eigenvalue weighted by Crippen LogP contribution is -2.42. The summed E-state index contributed by atoms with van der Waals surface area (Å²) in [5.41, 5.74) is 2.69. The first-order valence-electron chi connectivity index (χ1n) is 8.06. The minimum Gasteiger partial charge on any atom is -0.376 e. The van der Waals surface area contributed by atoms with Crippen molar-refractivity contribution < 1.29 is 4.74 Å². The lowest BCUT2D eigenvalue weighted by Gasteiger charge is -2.22. The van der Waals surface area contributed by atoms with Gasteiger partial charge in [-0.1, -0.05) is 31.0 Å². The van der Waals surface area contributed by atoms with Crippen molar-refractivity contribution in [3.63, 3.8) is 0 Å². The molecule has 0 saturated heterocycles. The average Bonchev–Trinajstić information content (AvgIpc) is 3.17. The van der Waals surface area contributed by atoms with Crippen molar-refractivity contribution in [3.05, 3.63) is 29.8 Å². The quantitative estimate of drug-likeness (QED) is 0.525. The molecule has 1 saturated carbocycles. The largest absolute Gasteiger partial charge is 0.376 e. The molecule has 1 aliphatic heterocycles. The second-order valence-corrected chi connectivity index (χ2v) is 5.78. The fraction of sp³-hybridized carbons (Fsp3) is 0.588. The van der Waals surface area contributed by atoms with Crippen LogP contribution in [0.3, 0.4) is 0 Å². The Morgan fingerprint density at radius 1 is 1.33 bits per heavy atom. The molecule has 1 heterocycles. The summed E-state index contributed by atoms with van der Waals surface area (Å²) in [7, 11) is 1.85. The highest BCUT2D eigenvalue weighted by atomic mass is 16.5. The number of nitrogens with zero attached hydrogens (tertiary/aromatic N) is 2. The van der Waals surface area contributed by atoms with E-state index in [1.807, 2.05) is 7.05 Å². The molecule has 1 aromatic rings. The topological polar surface area (TPSA) is 36.9 Å². The number of nitrogens with one attached hydrogen (secondary N) is 1. The predicted octanol–water partition coefficient (Wildman–Crippen LogP) is 2.58. The summed E-state index contributed by atoms with van der Waals surface area (Å²) < 4.78 is 5.89. The Morgan fingerprint density at radius 3 is 2.95 bits per heavy atom. The number of para-hydroxylation sites is 1. The highest BCUT2D eigenvalue weighted by Gasteiger charge is 2.22. The molecule has 2 aliphatic rings. The van der Waals surface area contributed by atoms with E-state index in [0.717, 1.165) is 32.1 Å². The molecule has 0 aromatic heterocycles. The number of rotatable bonds is 4. The lowest BCUT2D eigenvalue weighted by molar-refractivity contribution is 0.0622. The minimum atomic E-state index is 0.487. The molecule has 0 radical (unpaired) electrons. The van der Waals surface area contributed by atoms with Crippen molar-refractivity contribution in [2.24, 2.45) is 4.99 Å². The Balaban J connectivity index is 1.50. The van der Waals surface area contributed by atoms with Gasteiger partial charge in [-0.05, 0) is 30.9 Å². The van der Waals surface area contributed by atoms with Crippen LogP contribution in [0.15, 0.2) is 29.3 Å². The van der Waals surface area contributed by atoms with Gasteiger partial charge in [-0.2, -0.15) is 0 Å². The van der Waals surface area contributed by atoms with Crippen LogP contribution in [0.4, 0.5) is 5.69 Å². The number of ether oxygens (including phenoxy) is 1. The van der Waals surface area contributed by atoms with E-state index in [-0.39, 0.29) is 0 Å². The number of hydrogen-bond acceptors (Lipinski definition) is 2. The average molecular weight is 287 g/mol. The van der Waals surface area contributed by atoms with E-state index in [4.69, 9.17) is 4.74 Å². The van der Waals surface area contributed by atoms with Crippen LogP contribution in [0.25, 0.3) is 0 Å². The van der Waals surface area contributed by atoms with Gasteiger partial charge in [0.05, 0.1) is 12.7 Å². The third kappa shape index (κ3) is 3.38. The number of fused-ring (bicyclic) bond motifs is 1. The number of guanidine groups is 1. The summed E-state index contributed by atoms with van der Waals surface area (Å²) in [6, 6.07) is 8.57. The lowest BCUT2D eigenvalue weighted by atomic mass is 10.2. The van der Waals surface area contributed by atoms with Crippen LogP contribution in [0.1, 0.15) is 31.2 Å². The molecule has 0 amide bonds. The van der Waals surface area contributed by atoms with Gasteiger partial charge < -0.3 is 15.0 Å². The van der Waals surface area contributed by atoms with Crippen molar-refractivity contribution in [1.29, 1.82) is 0 Å². The second-order valence-electron chi connectivity index (χ2n) is 5.78. The van der Waals surface area contributed by atoms with E-state index in [1.54, 1.807) is 0 Å². The van der Waals surface area contributed by atoms with Crippen LogP contribution in [-0.4, -0.2) is 38.8 Å². The minimum absolute atomic E-state index is 0.487. The summed E-state index contributed by atoms with van der Waals surface area (Å²) in [5.74, 6) is 0.954. The second kappa shape index (κ2) is 6.94. The summed E-state index contributed by atoms with van der Waals surface area (Å²) in [4.78, 5) is 6.68. The molecule has 3 rings (SSSR count). The van der Waals surface area contributed by atoms with E-state index >= 15 is 0 Å². The Kier molecular flexibility index (Phi) is 4.76. The summed E-state index contributed by atoms with van der Waals surface area (Å²) in [5, 5.41) is 3.43. The van der Waals surface area contributed by atoms with E-state index in [9.17, 15) is 0 Å². The van der Waals surface area contributed by atoms with Crippen LogP contribution in [0.5, 0.6) is 0 Å². The van der Waals surface area contributed by atoms with Gasteiger partial charge >= 0.3 is 0 Å². The number of hydrogen-bond donors (Lipinski definition) is 1. The molecule has 0 bridgehead atoms. The zero-order valence-electron chi connectivity index (χ0n) is 12.8. The molecular weight excluding hydrogens is 262 g/mol. The Labute approximate surface area is 127 Å². The van der Waals surface area contributed by atoms with Crippen molar-refractivity contribution >= 4 is 11.6 Å². The standard InChI is InChI=1S/C17H25N3O/c1-18-17(19-11-13-21-15-7-3-4-8-15)20-12-10-14-6-2-5-9-16(14)20/h2,5-6,9,15H,3-4,7-8,10-13H2,1H3,(H,18,19). The SMILES string of the molecule is CN=C(NCCOC1CCCC1)N1CCc2ccccc21. The molecule has 1 aromatic carbocycles. The van der Waals surface area contributed by atoms with Crippen molar-refractivity contribution in [3.8, 4) is 0 Å². The summed E-state index contributed by atoms with van der Waals surface area (Å²) in [6.07, 6.45) is 6.69. The van der Waals surface area contributed by atoms with Crippen molar-refractivity contribution in [2.45, 2.75) is 38.2 Å². The normalized spacial score (nSPS) is 19.1. The molecular formula is C17H25N3O. The maximum absolute atomic E-state index is 5.89. The van der Waals surface area contributed by atoms with Gasteiger partial charge in [0.25, 0.3) is 0 Å². The van der Waals surface area contributed by atoms with Gasteiger partial charge in [-0.3, -0.25) is 4.99 Å². The fourth-order valence-electron chi connectivity index (χ4n) is 3.30. The first-order valence-corrected chi connectivity index (χ1v) is 8.06. The fourth-order valence-corrected chi connectivity index (χ4v) is 3.30. The van der Waals surface area contributed by atoms with Gasteiger partial charge in [-0.25, -0.2) is 0 Å². The maximum atomic E-state index is 5.89. The van der Waals surface area contributed by atoms with Gasteiger partial charge in [0.1, 0.15) is 0 Å². The first kappa shape index (κ1) is 14.4. The van der Waals surface area contributed by atoms with Crippen LogP contribution >= 0.6 is 0 Å². The molecule has 4 heteroatoms. The smallest absolute Gasteiger partial charge is 0.198 e. The molecule has 1 fully saturated rings. The molecule has 1 aliphatic carbocycles. The summed E-state index contributed by atoms with van der Waals surface area (Å²) in [6.45, 7) is 2.59. The van der Waals surface area contributed by atoms with Gasteiger partial charge in [0.15, 0.2) is 5.96 Å². The monoisotopic (exact) mass is 287 g/mol. The third-order valence-corrected chi connectivity index (χ3v) is 4.40. The molecule has 21 heavy (non-hydrogen) atoms. The van der Waals surface area contributed by atoms with Crippen LogP contribution < -0.4 is 10.2 Å². The van der Waals surface area contributed by atoms with E-state index < -0.39 is 0 Å². The number of benzene rings is 1. The van der Waals surface area contributed by atoms with E-state index in [0.29, 0.717) is 6.10 Å². The van der Waals surface area contributed by atoms with Crippen LogP contribution in [0, 0.1) is 0 Å². The van der Waals surface area contributed by atoms with Crippen molar-refractivity contribution in [1.82, 2.24) is 5.32 Å². The van der Waals surface area contributed by atoms with Crippen LogP contribution in [0.2, 0.25) is 0 Å². The molecule has 4 nitrogen and oxygen atoms in total. The zero-order valence-corrected chi connectivity index (χ0v) is 12.8.